The first-order chi connectivity index (χ1) is 8.10. The highest BCUT2D eigenvalue weighted by molar-refractivity contribution is 9.10. The molecule has 0 aliphatic carbocycles. The molecule has 0 bridgehead atoms. The molecule has 2 N–H and O–H groups in total. The van der Waals surface area contributed by atoms with Crippen molar-refractivity contribution in [3.05, 3.63) is 28.5 Å². The number of anilines is 1. The fraction of sp³-hybridized carbons (Fsp3) is 0.273. The van der Waals surface area contributed by atoms with E-state index in [1.54, 1.807) is 19.2 Å². The molecule has 2 rings (SSSR count). The average molecular weight is 298 g/mol. The van der Waals surface area contributed by atoms with Gasteiger partial charge in [-0.25, -0.2) is 0 Å². The van der Waals surface area contributed by atoms with Crippen LogP contribution in [-0.2, 0) is 4.74 Å². The lowest BCUT2D eigenvalue weighted by molar-refractivity contribution is 0.109. The van der Waals surface area contributed by atoms with Gasteiger partial charge in [-0.1, -0.05) is 21.1 Å². The van der Waals surface area contributed by atoms with E-state index in [2.05, 4.69) is 26.1 Å². The minimum absolute atomic E-state index is 0.197. The van der Waals surface area contributed by atoms with Gasteiger partial charge >= 0.3 is 0 Å². The molecule has 0 radical (unpaired) electrons. The Bertz CT molecular complexity index is 507. The van der Waals surface area contributed by atoms with Crippen molar-refractivity contribution < 1.29 is 9.26 Å². The molecule has 0 aliphatic heterocycles. The maximum atomic E-state index is 5.75. The van der Waals surface area contributed by atoms with Gasteiger partial charge in [-0.2, -0.15) is 4.98 Å². The number of ether oxygens (including phenoxy) is 1. The molecule has 90 valence electrons. The number of aromatic nitrogens is 2. The van der Waals surface area contributed by atoms with Crippen molar-refractivity contribution >= 4 is 21.6 Å². The van der Waals surface area contributed by atoms with Crippen molar-refractivity contribution in [1.29, 1.82) is 0 Å². The highest BCUT2D eigenvalue weighted by atomic mass is 79.9. The van der Waals surface area contributed by atoms with Gasteiger partial charge < -0.3 is 15.0 Å². The number of nitrogens with two attached hydrogens (primary N) is 1. The topological polar surface area (TPSA) is 74.2 Å². The summed E-state index contributed by atoms with van der Waals surface area (Å²) in [5.41, 5.74) is 7.16. The Kier molecular flexibility index (Phi) is 3.44. The first kappa shape index (κ1) is 12.1. The Morgan fingerprint density at radius 2 is 2.18 bits per heavy atom. The molecule has 1 heterocycles. The maximum absolute atomic E-state index is 5.75. The fourth-order valence-electron chi connectivity index (χ4n) is 1.36. The molecule has 0 amide bonds. The molecule has 1 aromatic heterocycles. The minimum Gasteiger partial charge on any atom is -0.399 e. The Balaban J connectivity index is 2.36. The summed E-state index contributed by atoms with van der Waals surface area (Å²) in [5, 5.41) is 3.86. The monoisotopic (exact) mass is 297 g/mol. The molecule has 0 fully saturated rings. The van der Waals surface area contributed by atoms with Gasteiger partial charge in [-0.05, 0) is 25.1 Å². The molecule has 5 nitrogen and oxygen atoms in total. The van der Waals surface area contributed by atoms with Crippen LogP contribution >= 0.6 is 15.9 Å². The Morgan fingerprint density at radius 1 is 1.41 bits per heavy atom. The fourth-order valence-corrected chi connectivity index (χ4v) is 1.87. The Labute approximate surface area is 107 Å². The molecule has 1 aromatic carbocycles. The molecule has 2 aromatic rings. The van der Waals surface area contributed by atoms with E-state index in [1.165, 1.54) is 0 Å². The summed E-state index contributed by atoms with van der Waals surface area (Å²) in [6.07, 6.45) is -0.197. The minimum atomic E-state index is -0.197. The van der Waals surface area contributed by atoms with E-state index in [9.17, 15) is 0 Å². The van der Waals surface area contributed by atoms with E-state index in [-0.39, 0.29) is 6.10 Å². The summed E-state index contributed by atoms with van der Waals surface area (Å²) in [6.45, 7) is 1.85. The zero-order valence-corrected chi connectivity index (χ0v) is 11.1. The number of benzene rings is 1. The summed E-state index contributed by atoms with van der Waals surface area (Å²) in [4.78, 5) is 4.25. The van der Waals surface area contributed by atoms with Gasteiger partial charge in [0.25, 0.3) is 5.89 Å². The zero-order valence-electron chi connectivity index (χ0n) is 9.48. The van der Waals surface area contributed by atoms with Crippen LogP contribution in [0, 0.1) is 0 Å². The van der Waals surface area contributed by atoms with Crippen molar-refractivity contribution in [1.82, 2.24) is 10.1 Å². The molecular weight excluding hydrogens is 286 g/mol. The van der Waals surface area contributed by atoms with Crippen LogP contribution in [0.3, 0.4) is 0 Å². The quantitative estimate of drug-likeness (QED) is 0.882. The molecular formula is C11H12BrN3O2. The Hall–Kier alpha value is -1.40. The van der Waals surface area contributed by atoms with Crippen LogP contribution in [0.15, 0.2) is 27.2 Å². The number of hydrogen-bond acceptors (Lipinski definition) is 5. The van der Waals surface area contributed by atoms with Gasteiger partial charge in [0.1, 0.15) is 6.10 Å². The average Bonchev–Trinajstić information content (AvgIpc) is 2.76. The van der Waals surface area contributed by atoms with Gasteiger partial charge in [0.15, 0.2) is 0 Å². The number of nitrogen functional groups attached to an aromatic ring is 1. The van der Waals surface area contributed by atoms with Gasteiger partial charge in [-0.3, -0.25) is 0 Å². The first-order valence-corrected chi connectivity index (χ1v) is 5.82. The lowest BCUT2D eigenvalue weighted by atomic mass is 10.2. The normalized spacial score (nSPS) is 12.6. The summed E-state index contributed by atoms with van der Waals surface area (Å²) < 4.78 is 11.1. The second-order valence-electron chi connectivity index (χ2n) is 3.61. The highest BCUT2D eigenvalue weighted by Crippen LogP contribution is 2.26. The molecule has 1 unspecified atom stereocenters. The molecule has 0 saturated carbocycles. The third kappa shape index (κ3) is 2.65. The standard InChI is InChI=1S/C11H12BrN3O2/c1-6(16-2)10-14-11(17-15-10)7-3-8(12)5-9(13)4-7/h3-6H,13H2,1-2H3. The molecule has 0 aliphatic rings. The van der Waals surface area contributed by atoms with Gasteiger partial charge in [-0.15, -0.1) is 0 Å². The van der Waals surface area contributed by atoms with Crippen LogP contribution in [0.2, 0.25) is 0 Å². The summed E-state index contributed by atoms with van der Waals surface area (Å²) in [7, 11) is 1.60. The zero-order chi connectivity index (χ0) is 12.4. The highest BCUT2D eigenvalue weighted by Gasteiger charge is 2.14. The van der Waals surface area contributed by atoms with Crippen molar-refractivity contribution in [3.63, 3.8) is 0 Å². The maximum Gasteiger partial charge on any atom is 0.258 e. The molecule has 17 heavy (non-hydrogen) atoms. The molecule has 0 saturated heterocycles. The predicted molar refractivity (Wildman–Crippen MR) is 67.3 cm³/mol. The molecule has 0 spiro atoms. The largest absolute Gasteiger partial charge is 0.399 e. The number of hydrogen-bond donors (Lipinski definition) is 1. The van der Waals surface area contributed by atoms with E-state index in [0.29, 0.717) is 17.4 Å². The van der Waals surface area contributed by atoms with Crippen LogP contribution in [0.25, 0.3) is 11.5 Å². The third-order valence-electron chi connectivity index (χ3n) is 2.33. The van der Waals surface area contributed by atoms with Crippen LogP contribution in [0.5, 0.6) is 0 Å². The van der Waals surface area contributed by atoms with Crippen LogP contribution < -0.4 is 5.73 Å². The lowest BCUT2D eigenvalue weighted by Crippen LogP contribution is -1.97. The second kappa shape index (κ2) is 4.85. The van der Waals surface area contributed by atoms with E-state index < -0.39 is 0 Å². The number of rotatable bonds is 3. The smallest absolute Gasteiger partial charge is 0.258 e. The third-order valence-corrected chi connectivity index (χ3v) is 2.78. The van der Waals surface area contributed by atoms with Crippen LogP contribution in [0.1, 0.15) is 18.9 Å². The number of nitrogens with zero attached hydrogens (tertiary/aromatic N) is 2. The van der Waals surface area contributed by atoms with E-state index >= 15 is 0 Å². The Morgan fingerprint density at radius 3 is 2.82 bits per heavy atom. The van der Waals surface area contributed by atoms with E-state index in [4.69, 9.17) is 15.0 Å². The first-order valence-electron chi connectivity index (χ1n) is 5.03. The van der Waals surface area contributed by atoms with Gasteiger partial charge in [0.05, 0.1) is 0 Å². The van der Waals surface area contributed by atoms with Gasteiger partial charge in [0, 0.05) is 22.8 Å². The van der Waals surface area contributed by atoms with Crippen LogP contribution in [0.4, 0.5) is 5.69 Å². The van der Waals surface area contributed by atoms with Crippen LogP contribution in [-0.4, -0.2) is 17.3 Å². The van der Waals surface area contributed by atoms with Crippen molar-refractivity contribution in [3.8, 4) is 11.5 Å². The summed E-state index contributed by atoms with van der Waals surface area (Å²) in [6, 6.07) is 5.45. The molecule has 1 atom stereocenters. The summed E-state index contributed by atoms with van der Waals surface area (Å²) in [5.74, 6) is 0.943. The van der Waals surface area contributed by atoms with E-state index in [1.807, 2.05) is 13.0 Å². The van der Waals surface area contributed by atoms with Gasteiger partial charge in [0.2, 0.25) is 5.82 Å². The number of methoxy groups -OCH3 is 1. The lowest BCUT2D eigenvalue weighted by Gasteiger charge is -2.01. The van der Waals surface area contributed by atoms with Crippen molar-refractivity contribution in [2.24, 2.45) is 0 Å². The summed E-state index contributed by atoms with van der Waals surface area (Å²) >= 11 is 3.37. The van der Waals surface area contributed by atoms with Crippen molar-refractivity contribution in [2.75, 3.05) is 12.8 Å². The number of halogens is 1. The van der Waals surface area contributed by atoms with Crippen molar-refractivity contribution in [2.45, 2.75) is 13.0 Å². The SMILES string of the molecule is COC(C)c1noc(-c2cc(N)cc(Br)c2)n1. The predicted octanol–water partition coefficient (Wildman–Crippen LogP) is 2.79. The van der Waals surface area contributed by atoms with E-state index in [0.717, 1.165) is 10.0 Å². The molecule has 6 heteroatoms. The second-order valence-corrected chi connectivity index (χ2v) is 4.52.